The van der Waals surface area contributed by atoms with Gasteiger partial charge in [0.15, 0.2) is 0 Å². The van der Waals surface area contributed by atoms with Gasteiger partial charge in [-0.1, -0.05) is 80.6 Å². The first-order valence-corrected chi connectivity index (χ1v) is 9.39. The Morgan fingerprint density at radius 3 is 2.28 bits per heavy atom. The quantitative estimate of drug-likeness (QED) is 0.366. The monoisotopic (exact) mass is 385 g/mol. The topological polar surface area (TPSA) is 50.9 Å². The van der Waals surface area contributed by atoms with Gasteiger partial charge in [0.25, 0.3) is 5.70 Å². The minimum Gasteiger partial charge on any atom is -0.470 e. The number of carbonyl (C=O) groups is 1. The van der Waals surface area contributed by atoms with E-state index in [0.717, 1.165) is 21.9 Å². The molecule has 3 aromatic carbocycles. The maximum absolute atomic E-state index is 12.8. The van der Waals surface area contributed by atoms with Crippen LogP contribution in [0.3, 0.4) is 0 Å². The molecule has 0 heterocycles. The zero-order valence-electron chi connectivity index (χ0n) is 16.6. The van der Waals surface area contributed by atoms with E-state index in [-0.39, 0.29) is 18.9 Å². The Morgan fingerprint density at radius 2 is 1.62 bits per heavy atom. The fourth-order valence-electron chi connectivity index (χ4n) is 2.97. The predicted molar refractivity (Wildman–Crippen MR) is 115 cm³/mol. The van der Waals surface area contributed by atoms with Crippen molar-refractivity contribution in [1.29, 1.82) is 0 Å². The summed E-state index contributed by atoms with van der Waals surface area (Å²) in [6.07, 6.45) is 0. The number of ether oxygens (including phenoxy) is 1. The summed E-state index contributed by atoms with van der Waals surface area (Å²) in [7, 11) is 0. The van der Waals surface area contributed by atoms with Crippen molar-refractivity contribution >= 4 is 22.3 Å². The van der Waals surface area contributed by atoms with Crippen molar-refractivity contribution in [2.75, 3.05) is 13.2 Å². The molecule has 4 nitrogen and oxygen atoms in total. The summed E-state index contributed by atoms with van der Waals surface area (Å²) in [5.41, 5.74) is 1.45. The molecule has 0 aliphatic rings. The van der Waals surface area contributed by atoms with Gasteiger partial charge in [0, 0.05) is 11.0 Å². The van der Waals surface area contributed by atoms with Gasteiger partial charge in [0.1, 0.15) is 0 Å². The molecule has 0 aromatic heterocycles. The van der Waals surface area contributed by atoms with Crippen LogP contribution in [0.15, 0.2) is 78.5 Å². The summed E-state index contributed by atoms with van der Waals surface area (Å²) in [6.45, 7) is 11.2. The first-order chi connectivity index (χ1) is 13.9. The summed E-state index contributed by atoms with van der Waals surface area (Å²) >= 11 is 0. The Labute approximate surface area is 170 Å². The van der Waals surface area contributed by atoms with Crippen molar-refractivity contribution in [2.24, 2.45) is 5.41 Å². The lowest BCUT2D eigenvalue weighted by Gasteiger charge is -2.21. The number of benzene rings is 3. The van der Waals surface area contributed by atoms with Crippen LogP contribution < -0.4 is 0 Å². The van der Waals surface area contributed by atoms with E-state index in [1.807, 2.05) is 72.8 Å². The predicted octanol–water partition coefficient (Wildman–Crippen LogP) is 5.08. The van der Waals surface area contributed by atoms with Crippen LogP contribution in [0.25, 0.3) is 21.2 Å². The van der Waals surface area contributed by atoms with Crippen LogP contribution in [0.5, 0.6) is 0 Å². The van der Waals surface area contributed by atoms with E-state index in [1.165, 1.54) is 0 Å². The molecule has 0 unspecified atom stereocenters. The van der Waals surface area contributed by atoms with Crippen molar-refractivity contribution in [3.8, 4) is 0 Å². The molecular weight excluding hydrogens is 362 g/mol. The third-order valence-corrected chi connectivity index (χ3v) is 4.66. The zero-order valence-corrected chi connectivity index (χ0v) is 16.6. The van der Waals surface area contributed by atoms with Gasteiger partial charge < -0.3 is 9.84 Å². The van der Waals surface area contributed by atoms with Crippen LogP contribution >= 0.6 is 0 Å². The second-order valence-electron chi connectivity index (χ2n) is 7.66. The van der Waals surface area contributed by atoms with Crippen LogP contribution in [0.4, 0.5) is 0 Å². The van der Waals surface area contributed by atoms with Gasteiger partial charge in [-0.15, -0.1) is 0 Å². The number of carbonyl (C=O) groups excluding carboxylic acids is 1. The normalized spacial score (nSPS) is 12.2. The highest BCUT2D eigenvalue weighted by atomic mass is 16.5. The summed E-state index contributed by atoms with van der Waals surface area (Å²) < 4.78 is 5.39. The minimum absolute atomic E-state index is 0.0289. The van der Waals surface area contributed by atoms with E-state index in [9.17, 15) is 9.90 Å². The van der Waals surface area contributed by atoms with Gasteiger partial charge in [-0.3, -0.25) is 4.79 Å². The second kappa shape index (κ2) is 8.72. The summed E-state index contributed by atoms with van der Waals surface area (Å²) in [5.74, 6) is -0.687. The Balaban J connectivity index is 2.12. The van der Waals surface area contributed by atoms with Crippen molar-refractivity contribution in [3.05, 3.63) is 101 Å². The van der Waals surface area contributed by atoms with Crippen LogP contribution in [0.2, 0.25) is 0 Å². The standard InChI is InChI=1S/C25H23NO3/c1-25(2,16-27)17-29-24(28)23(26-3)22(19-10-5-4-6-11-19)21-14-13-18-9-7-8-12-20(18)15-21/h4-15,27H,16-17H2,1-2H3. The number of aliphatic hydroxyl groups is 1. The van der Waals surface area contributed by atoms with Gasteiger partial charge in [-0.05, 0) is 28.0 Å². The van der Waals surface area contributed by atoms with Gasteiger partial charge >= 0.3 is 5.97 Å². The molecule has 0 radical (unpaired) electrons. The van der Waals surface area contributed by atoms with Crippen molar-refractivity contribution in [1.82, 2.24) is 0 Å². The van der Waals surface area contributed by atoms with Crippen molar-refractivity contribution < 1.29 is 14.6 Å². The van der Waals surface area contributed by atoms with E-state index in [2.05, 4.69) is 4.85 Å². The molecule has 0 amide bonds. The zero-order chi connectivity index (χ0) is 20.9. The van der Waals surface area contributed by atoms with E-state index in [4.69, 9.17) is 11.3 Å². The van der Waals surface area contributed by atoms with Crippen molar-refractivity contribution in [3.63, 3.8) is 0 Å². The third kappa shape index (κ3) is 4.71. The van der Waals surface area contributed by atoms with Gasteiger partial charge in [-0.2, -0.15) is 0 Å². The molecule has 0 fully saturated rings. The van der Waals surface area contributed by atoms with E-state index < -0.39 is 11.4 Å². The summed E-state index contributed by atoms with van der Waals surface area (Å²) in [4.78, 5) is 16.4. The van der Waals surface area contributed by atoms with Crippen LogP contribution in [0.1, 0.15) is 25.0 Å². The molecule has 0 aliphatic carbocycles. The summed E-state index contributed by atoms with van der Waals surface area (Å²) in [6, 6.07) is 23.2. The number of esters is 1. The van der Waals surface area contributed by atoms with Crippen LogP contribution in [-0.4, -0.2) is 24.3 Å². The van der Waals surface area contributed by atoms with Gasteiger partial charge in [0.05, 0.1) is 19.8 Å². The molecule has 0 aliphatic heterocycles. The largest absolute Gasteiger partial charge is 0.470 e. The fraction of sp³-hybridized carbons (Fsp3) is 0.200. The molecule has 0 bridgehead atoms. The number of fused-ring (bicyclic) bond motifs is 1. The lowest BCUT2D eigenvalue weighted by molar-refractivity contribution is -0.142. The molecule has 3 aromatic rings. The molecule has 0 atom stereocenters. The summed E-state index contributed by atoms with van der Waals surface area (Å²) in [5, 5.41) is 11.5. The molecule has 1 N–H and O–H groups in total. The molecular formula is C25H23NO3. The number of rotatable bonds is 6. The Bertz CT molecular complexity index is 1090. The Morgan fingerprint density at radius 1 is 0.966 bits per heavy atom. The molecule has 3 rings (SSSR count). The lowest BCUT2D eigenvalue weighted by atomic mass is 9.93. The fourth-order valence-corrected chi connectivity index (χ4v) is 2.97. The molecule has 0 spiro atoms. The highest BCUT2D eigenvalue weighted by Gasteiger charge is 2.24. The maximum Gasteiger partial charge on any atom is 0.336 e. The second-order valence-corrected chi connectivity index (χ2v) is 7.66. The highest BCUT2D eigenvalue weighted by Crippen LogP contribution is 2.31. The lowest BCUT2D eigenvalue weighted by Crippen LogP contribution is -2.26. The SMILES string of the molecule is [C-]#[N+]C(C(=O)OCC(C)(C)CO)=C(c1ccccc1)c1ccc2ccccc2c1. The molecule has 29 heavy (non-hydrogen) atoms. The first-order valence-electron chi connectivity index (χ1n) is 9.39. The number of aliphatic hydroxyl groups excluding tert-OH is 1. The molecule has 0 saturated carbocycles. The molecule has 146 valence electrons. The number of nitrogens with zero attached hydrogens (tertiary/aromatic N) is 1. The van der Waals surface area contributed by atoms with Crippen LogP contribution in [-0.2, 0) is 9.53 Å². The van der Waals surface area contributed by atoms with Gasteiger partial charge in [0.2, 0.25) is 0 Å². The average molecular weight is 385 g/mol. The van der Waals surface area contributed by atoms with Gasteiger partial charge in [-0.25, -0.2) is 4.85 Å². The third-order valence-electron chi connectivity index (χ3n) is 4.66. The smallest absolute Gasteiger partial charge is 0.336 e. The molecule has 0 saturated heterocycles. The Kier molecular flexibility index (Phi) is 6.11. The Hall–Kier alpha value is -3.42. The van der Waals surface area contributed by atoms with Crippen molar-refractivity contribution in [2.45, 2.75) is 13.8 Å². The van der Waals surface area contributed by atoms with Crippen LogP contribution in [0, 0.1) is 12.0 Å². The first kappa shape index (κ1) is 20.3. The van der Waals surface area contributed by atoms with E-state index in [1.54, 1.807) is 13.8 Å². The van der Waals surface area contributed by atoms with E-state index >= 15 is 0 Å². The maximum atomic E-state index is 12.8. The molecule has 4 heteroatoms. The highest BCUT2D eigenvalue weighted by molar-refractivity contribution is 6.04. The average Bonchev–Trinajstić information content (AvgIpc) is 2.76. The minimum atomic E-state index is -0.687. The number of hydrogen-bond acceptors (Lipinski definition) is 3. The van der Waals surface area contributed by atoms with E-state index in [0.29, 0.717) is 5.57 Å². The number of hydrogen-bond donors (Lipinski definition) is 1.